The molecule has 1 N–H and O–H groups in total. The molecule has 0 fully saturated rings. The number of amides is 1. The van der Waals surface area contributed by atoms with Crippen molar-refractivity contribution in [1.82, 2.24) is 4.98 Å². The number of benzene rings is 1. The maximum Gasteiger partial charge on any atom is 0.387 e. The molecule has 6 heteroatoms. The molecule has 2 aromatic rings. The maximum absolute atomic E-state index is 12.3. The zero-order valence-electron chi connectivity index (χ0n) is 10.9. The molecule has 21 heavy (non-hydrogen) atoms. The van der Waals surface area contributed by atoms with Crippen LogP contribution in [0.15, 0.2) is 54.9 Å². The molecule has 0 aliphatic heterocycles. The molecule has 0 unspecified atom stereocenters. The number of anilines is 1. The quantitative estimate of drug-likeness (QED) is 0.859. The fourth-order valence-electron chi connectivity index (χ4n) is 1.61. The lowest BCUT2D eigenvalue weighted by molar-refractivity contribution is -0.111. The highest BCUT2D eigenvalue weighted by molar-refractivity contribution is 6.02. The second-order valence-corrected chi connectivity index (χ2v) is 3.97. The number of hydrogen-bond acceptors (Lipinski definition) is 3. The number of carbonyl (C=O) groups excluding carboxylic acids is 1. The smallest absolute Gasteiger partial charge is 0.387 e. The van der Waals surface area contributed by atoms with Gasteiger partial charge < -0.3 is 10.1 Å². The summed E-state index contributed by atoms with van der Waals surface area (Å²) in [5.41, 5.74) is 0.986. The second kappa shape index (κ2) is 7.14. The summed E-state index contributed by atoms with van der Waals surface area (Å²) in [5.74, 6) is -0.367. The maximum atomic E-state index is 12.3. The Morgan fingerprint density at radius 3 is 2.62 bits per heavy atom. The number of alkyl halides is 2. The molecular formula is C15H12F2N2O2. The Morgan fingerprint density at radius 2 is 1.90 bits per heavy atom. The van der Waals surface area contributed by atoms with Crippen LogP contribution < -0.4 is 10.1 Å². The van der Waals surface area contributed by atoms with Crippen molar-refractivity contribution in [3.05, 3.63) is 60.4 Å². The van der Waals surface area contributed by atoms with Gasteiger partial charge in [0.15, 0.2) is 0 Å². The monoisotopic (exact) mass is 290 g/mol. The number of halogens is 2. The van der Waals surface area contributed by atoms with Crippen molar-refractivity contribution < 1.29 is 18.3 Å². The average molecular weight is 290 g/mol. The fraction of sp³-hybridized carbons (Fsp3) is 0.0667. The standard InChI is InChI=1S/C15H12F2N2O2/c16-15(17)21-13-4-2-1-3-11(13)5-6-14(20)19-12-7-9-18-10-8-12/h1-10,15H,(H,18,19,20)/b6-5+. The average Bonchev–Trinajstić information content (AvgIpc) is 2.47. The minimum Gasteiger partial charge on any atom is -0.434 e. The molecular weight excluding hydrogens is 278 g/mol. The Kier molecular flexibility index (Phi) is 4.98. The van der Waals surface area contributed by atoms with Crippen LogP contribution in [-0.2, 0) is 4.79 Å². The second-order valence-electron chi connectivity index (χ2n) is 3.97. The van der Waals surface area contributed by atoms with Crippen LogP contribution in [0.25, 0.3) is 6.08 Å². The molecule has 4 nitrogen and oxygen atoms in total. The van der Waals surface area contributed by atoms with Crippen LogP contribution in [0.5, 0.6) is 5.75 Å². The Labute approximate surface area is 120 Å². The molecule has 1 aromatic heterocycles. The van der Waals surface area contributed by atoms with Gasteiger partial charge in [-0.05, 0) is 24.3 Å². The first-order valence-electron chi connectivity index (χ1n) is 6.08. The topological polar surface area (TPSA) is 51.2 Å². The summed E-state index contributed by atoms with van der Waals surface area (Å²) >= 11 is 0. The van der Waals surface area contributed by atoms with E-state index < -0.39 is 6.61 Å². The number of hydrogen-bond donors (Lipinski definition) is 1. The number of rotatable bonds is 5. The van der Waals surface area contributed by atoms with Crippen molar-refractivity contribution in [1.29, 1.82) is 0 Å². The minimum absolute atomic E-state index is 0.0143. The third-order valence-corrected chi connectivity index (χ3v) is 2.50. The Bertz CT molecular complexity index is 631. The molecule has 108 valence electrons. The number of pyridine rings is 1. The van der Waals surface area contributed by atoms with E-state index in [4.69, 9.17) is 0 Å². The van der Waals surface area contributed by atoms with Crippen LogP contribution >= 0.6 is 0 Å². The number of aromatic nitrogens is 1. The van der Waals surface area contributed by atoms with Crippen LogP contribution in [0.2, 0.25) is 0 Å². The van der Waals surface area contributed by atoms with Gasteiger partial charge in [-0.25, -0.2) is 0 Å². The summed E-state index contributed by atoms with van der Waals surface area (Å²) in [5, 5.41) is 2.62. The van der Waals surface area contributed by atoms with E-state index in [0.29, 0.717) is 11.3 Å². The summed E-state index contributed by atoms with van der Waals surface area (Å²) < 4.78 is 28.9. The van der Waals surface area contributed by atoms with Crippen LogP contribution in [0.4, 0.5) is 14.5 Å². The van der Waals surface area contributed by atoms with E-state index in [1.54, 1.807) is 42.7 Å². The molecule has 0 aliphatic carbocycles. The van der Waals surface area contributed by atoms with Gasteiger partial charge in [0.1, 0.15) is 5.75 Å². The van der Waals surface area contributed by atoms with Gasteiger partial charge in [0, 0.05) is 29.7 Å². The normalized spacial score (nSPS) is 10.8. The molecule has 1 amide bonds. The first kappa shape index (κ1) is 14.6. The van der Waals surface area contributed by atoms with Gasteiger partial charge in [-0.1, -0.05) is 18.2 Å². The zero-order chi connectivity index (χ0) is 15.1. The van der Waals surface area contributed by atoms with Gasteiger partial charge in [0.25, 0.3) is 0 Å². The fourth-order valence-corrected chi connectivity index (χ4v) is 1.61. The summed E-state index contributed by atoms with van der Waals surface area (Å²) in [7, 11) is 0. The first-order valence-corrected chi connectivity index (χ1v) is 6.08. The largest absolute Gasteiger partial charge is 0.434 e. The van der Waals surface area contributed by atoms with E-state index >= 15 is 0 Å². The van der Waals surface area contributed by atoms with Crippen LogP contribution in [0.1, 0.15) is 5.56 Å². The zero-order valence-corrected chi connectivity index (χ0v) is 10.9. The number of nitrogens with zero attached hydrogens (tertiary/aromatic N) is 1. The molecule has 0 aliphatic rings. The van der Waals surface area contributed by atoms with Crippen molar-refractivity contribution in [2.45, 2.75) is 6.61 Å². The lowest BCUT2D eigenvalue weighted by Crippen LogP contribution is -2.07. The SMILES string of the molecule is O=C(/C=C/c1ccccc1OC(F)F)Nc1ccncc1. The molecule has 0 atom stereocenters. The highest BCUT2D eigenvalue weighted by atomic mass is 19.3. The van der Waals surface area contributed by atoms with Crippen molar-refractivity contribution >= 4 is 17.7 Å². The van der Waals surface area contributed by atoms with E-state index in [9.17, 15) is 13.6 Å². The predicted octanol–water partition coefficient (Wildman–Crippen LogP) is 3.33. The number of nitrogens with one attached hydrogen (secondary N) is 1. The van der Waals surface area contributed by atoms with Gasteiger partial charge in [0.05, 0.1) is 0 Å². The summed E-state index contributed by atoms with van der Waals surface area (Å²) in [6, 6.07) is 9.50. The number of ether oxygens (including phenoxy) is 1. The molecule has 2 rings (SSSR count). The number of para-hydroxylation sites is 1. The predicted molar refractivity (Wildman–Crippen MR) is 75.0 cm³/mol. The third-order valence-electron chi connectivity index (χ3n) is 2.50. The third kappa shape index (κ3) is 4.68. The highest BCUT2D eigenvalue weighted by Crippen LogP contribution is 2.21. The molecule has 0 spiro atoms. The van der Waals surface area contributed by atoms with E-state index in [-0.39, 0.29) is 11.7 Å². The van der Waals surface area contributed by atoms with E-state index in [1.165, 1.54) is 18.2 Å². The molecule has 1 heterocycles. The van der Waals surface area contributed by atoms with E-state index in [2.05, 4.69) is 15.0 Å². The lowest BCUT2D eigenvalue weighted by Gasteiger charge is -2.07. The Balaban J connectivity index is 2.05. The molecule has 0 saturated carbocycles. The van der Waals surface area contributed by atoms with Crippen molar-refractivity contribution in [2.75, 3.05) is 5.32 Å². The van der Waals surface area contributed by atoms with Gasteiger partial charge in [-0.15, -0.1) is 0 Å². The summed E-state index contributed by atoms with van der Waals surface area (Å²) in [4.78, 5) is 15.5. The van der Waals surface area contributed by atoms with Crippen LogP contribution in [0, 0.1) is 0 Å². The Morgan fingerprint density at radius 1 is 1.19 bits per heavy atom. The van der Waals surface area contributed by atoms with Crippen molar-refractivity contribution in [3.8, 4) is 5.75 Å². The molecule has 0 saturated heterocycles. The van der Waals surface area contributed by atoms with Crippen molar-refractivity contribution in [3.63, 3.8) is 0 Å². The molecule has 0 bridgehead atoms. The Hall–Kier alpha value is -2.76. The number of carbonyl (C=O) groups is 1. The van der Waals surface area contributed by atoms with Gasteiger partial charge in [-0.3, -0.25) is 9.78 Å². The highest BCUT2D eigenvalue weighted by Gasteiger charge is 2.07. The van der Waals surface area contributed by atoms with E-state index in [1.807, 2.05) is 0 Å². The summed E-state index contributed by atoms with van der Waals surface area (Å²) in [6.45, 7) is -2.91. The molecule has 0 radical (unpaired) electrons. The molecule has 1 aromatic carbocycles. The van der Waals surface area contributed by atoms with Crippen LogP contribution in [0.3, 0.4) is 0 Å². The summed E-state index contributed by atoms with van der Waals surface area (Å²) in [6.07, 6.45) is 5.75. The minimum atomic E-state index is -2.91. The first-order chi connectivity index (χ1) is 10.1. The van der Waals surface area contributed by atoms with Gasteiger partial charge in [0.2, 0.25) is 5.91 Å². The van der Waals surface area contributed by atoms with Gasteiger partial charge >= 0.3 is 6.61 Å². The van der Waals surface area contributed by atoms with E-state index in [0.717, 1.165) is 0 Å². The van der Waals surface area contributed by atoms with Crippen molar-refractivity contribution in [2.24, 2.45) is 0 Å². The lowest BCUT2D eigenvalue weighted by atomic mass is 10.2. The van der Waals surface area contributed by atoms with Gasteiger partial charge in [-0.2, -0.15) is 8.78 Å². The van der Waals surface area contributed by atoms with Crippen LogP contribution in [-0.4, -0.2) is 17.5 Å².